The molecule has 4 aromatic rings. The molecule has 0 unspecified atom stereocenters. The predicted octanol–water partition coefficient (Wildman–Crippen LogP) is 4.57. The van der Waals surface area contributed by atoms with Crippen LogP contribution in [0.5, 0.6) is 23.1 Å². The summed E-state index contributed by atoms with van der Waals surface area (Å²) in [5, 5.41) is 21.8. The average Bonchev–Trinajstić information content (AvgIpc) is 3.52. The fourth-order valence-electron chi connectivity index (χ4n) is 4.00. The van der Waals surface area contributed by atoms with Crippen molar-refractivity contribution in [2.24, 2.45) is 10.2 Å². The molecule has 1 aromatic heterocycles. The first-order valence-electron chi connectivity index (χ1n) is 11.7. The normalized spacial score (nSPS) is 12.4. The minimum atomic E-state index is -0.664. The highest BCUT2D eigenvalue weighted by atomic mass is 16.7. The molecule has 0 spiro atoms. The number of ether oxygens (including phenoxy) is 3. The quantitative estimate of drug-likeness (QED) is 0.263. The summed E-state index contributed by atoms with van der Waals surface area (Å²) in [6.07, 6.45) is 2.94. The van der Waals surface area contributed by atoms with Gasteiger partial charge in [0.05, 0.1) is 19.2 Å². The maximum atomic E-state index is 12.3. The van der Waals surface area contributed by atoms with Crippen molar-refractivity contribution in [2.75, 3.05) is 20.4 Å². The lowest BCUT2D eigenvalue weighted by Crippen LogP contribution is -2.26. The van der Waals surface area contributed by atoms with E-state index in [9.17, 15) is 14.7 Å². The first kappa shape index (κ1) is 24.6. The zero-order valence-electron chi connectivity index (χ0n) is 20.5. The molecule has 2 N–H and O–H groups in total. The van der Waals surface area contributed by atoms with Crippen LogP contribution in [-0.4, -0.2) is 41.9 Å². The molecule has 1 aliphatic rings. The maximum absolute atomic E-state index is 12.3. The van der Waals surface area contributed by atoms with Crippen LogP contribution in [0.2, 0.25) is 0 Å². The molecule has 0 saturated carbocycles. The van der Waals surface area contributed by atoms with Crippen molar-refractivity contribution in [3.8, 4) is 23.1 Å². The Morgan fingerprint density at radius 2 is 1.87 bits per heavy atom. The van der Waals surface area contributed by atoms with Crippen LogP contribution in [0, 0.1) is 0 Å². The van der Waals surface area contributed by atoms with Gasteiger partial charge in [0.1, 0.15) is 12.3 Å². The Morgan fingerprint density at radius 3 is 2.68 bits per heavy atom. The Hall–Kier alpha value is -5.12. The van der Waals surface area contributed by atoms with E-state index in [-0.39, 0.29) is 24.9 Å². The number of carbonyl (C=O) groups excluding carboxylic acids is 2. The number of para-hydroxylation sites is 1. The van der Waals surface area contributed by atoms with Gasteiger partial charge in [-0.1, -0.05) is 36.4 Å². The van der Waals surface area contributed by atoms with Gasteiger partial charge in [-0.05, 0) is 47.5 Å². The molecule has 1 aliphatic heterocycles. The molecule has 2 heterocycles. The van der Waals surface area contributed by atoms with Gasteiger partial charge in [-0.2, -0.15) is 0 Å². The highest BCUT2D eigenvalue weighted by molar-refractivity contribution is 5.96. The number of benzene rings is 3. The van der Waals surface area contributed by atoms with E-state index in [4.69, 9.17) is 14.2 Å². The minimum absolute atomic E-state index is 0.133. The molecule has 0 atom stereocenters. The van der Waals surface area contributed by atoms with Crippen molar-refractivity contribution in [3.05, 3.63) is 83.9 Å². The molecule has 0 bridgehead atoms. The van der Waals surface area contributed by atoms with Crippen molar-refractivity contribution in [3.63, 3.8) is 0 Å². The maximum Gasteiger partial charge on any atom is 0.283 e. The molecule has 3 aromatic carbocycles. The lowest BCUT2D eigenvalue weighted by molar-refractivity contribution is -0.122. The van der Waals surface area contributed by atoms with E-state index >= 15 is 0 Å². The number of hydrogen-bond acceptors (Lipinski definition) is 7. The summed E-state index contributed by atoms with van der Waals surface area (Å²) in [6, 6.07) is 20.0. The fraction of sp³-hybridized carbons (Fsp3) is 0.143. The van der Waals surface area contributed by atoms with Crippen LogP contribution in [0.1, 0.15) is 11.1 Å². The van der Waals surface area contributed by atoms with Crippen LogP contribution in [0.4, 0.5) is 5.69 Å². The zero-order chi connectivity index (χ0) is 26.5. The lowest BCUT2D eigenvalue weighted by Gasteiger charge is -2.08. The predicted molar refractivity (Wildman–Crippen MR) is 140 cm³/mol. The Labute approximate surface area is 217 Å². The van der Waals surface area contributed by atoms with E-state index in [1.165, 1.54) is 6.08 Å². The number of aromatic nitrogens is 1. The van der Waals surface area contributed by atoms with Crippen molar-refractivity contribution in [1.82, 2.24) is 9.88 Å². The monoisotopic (exact) mass is 512 g/mol. The topological polar surface area (TPSA) is 124 Å². The van der Waals surface area contributed by atoms with Crippen molar-refractivity contribution in [2.45, 2.75) is 6.54 Å². The van der Waals surface area contributed by atoms with Gasteiger partial charge < -0.3 is 29.2 Å². The Kier molecular flexibility index (Phi) is 7.03. The summed E-state index contributed by atoms with van der Waals surface area (Å²) in [4.78, 5) is 24.4. The second-order valence-electron chi connectivity index (χ2n) is 8.38. The van der Waals surface area contributed by atoms with Gasteiger partial charge in [-0.15, -0.1) is 10.2 Å². The largest absolute Gasteiger partial charge is 0.497 e. The van der Waals surface area contributed by atoms with Crippen LogP contribution in [-0.2, 0) is 16.1 Å². The van der Waals surface area contributed by atoms with E-state index in [2.05, 4.69) is 15.5 Å². The third-order valence-corrected chi connectivity index (χ3v) is 5.91. The van der Waals surface area contributed by atoms with E-state index in [0.29, 0.717) is 29.2 Å². The van der Waals surface area contributed by atoms with Gasteiger partial charge in [0, 0.05) is 11.5 Å². The summed E-state index contributed by atoms with van der Waals surface area (Å²) < 4.78 is 17.6. The van der Waals surface area contributed by atoms with E-state index in [0.717, 1.165) is 16.6 Å². The number of rotatable bonds is 8. The average molecular weight is 513 g/mol. The number of azo groups is 1. The molecule has 0 radical (unpaired) electrons. The molecular formula is C28H24N4O6. The fourth-order valence-corrected chi connectivity index (χ4v) is 4.00. The third-order valence-electron chi connectivity index (χ3n) is 5.91. The Balaban J connectivity index is 1.26. The summed E-state index contributed by atoms with van der Waals surface area (Å²) in [7, 11) is 1.58. The summed E-state index contributed by atoms with van der Waals surface area (Å²) in [6.45, 7) is 0.170. The van der Waals surface area contributed by atoms with Gasteiger partial charge in [0.15, 0.2) is 17.2 Å². The molecule has 192 valence electrons. The first-order valence-corrected chi connectivity index (χ1v) is 11.7. The van der Waals surface area contributed by atoms with Crippen molar-refractivity contribution >= 4 is 34.5 Å². The SMILES string of the molecule is COc1ccc(/C=C\C(=O)NCC(=O)N=Nc2c(O)n(Cc3ccc4c(c3)OCO4)c3ccccc23)cc1. The van der Waals surface area contributed by atoms with E-state index in [1.54, 1.807) is 48.1 Å². The van der Waals surface area contributed by atoms with Crippen LogP contribution >= 0.6 is 0 Å². The van der Waals surface area contributed by atoms with Crippen molar-refractivity contribution in [1.29, 1.82) is 0 Å². The van der Waals surface area contributed by atoms with Crippen molar-refractivity contribution < 1.29 is 28.9 Å². The van der Waals surface area contributed by atoms with Gasteiger partial charge in [-0.3, -0.25) is 9.59 Å². The number of fused-ring (bicyclic) bond motifs is 2. The molecule has 5 rings (SSSR count). The molecule has 38 heavy (non-hydrogen) atoms. The summed E-state index contributed by atoms with van der Waals surface area (Å²) >= 11 is 0. The molecular weight excluding hydrogens is 488 g/mol. The molecule has 10 nitrogen and oxygen atoms in total. The number of nitrogens with one attached hydrogen (secondary N) is 1. The molecule has 10 heteroatoms. The molecule has 2 amide bonds. The Bertz CT molecular complexity index is 1560. The van der Waals surface area contributed by atoms with Gasteiger partial charge >= 0.3 is 0 Å². The number of methoxy groups -OCH3 is 1. The van der Waals surface area contributed by atoms with Gasteiger partial charge in [-0.25, -0.2) is 0 Å². The second-order valence-corrected chi connectivity index (χ2v) is 8.38. The zero-order valence-corrected chi connectivity index (χ0v) is 20.5. The van der Waals surface area contributed by atoms with E-state index in [1.807, 2.05) is 36.4 Å². The third kappa shape index (κ3) is 5.34. The summed E-state index contributed by atoms with van der Waals surface area (Å²) in [5.74, 6) is 0.781. The molecule has 0 fully saturated rings. The van der Waals surface area contributed by atoms with E-state index < -0.39 is 11.8 Å². The number of aromatic hydroxyl groups is 1. The number of carbonyl (C=O) groups is 2. The standard InChI is InChI=1S/C28H24N4O6/c1-36-20-10-6-18(7-11-20)9-13-25(33)29-15-26(34)30-31-27-21-4-2-3-5-22(21)32(28(27)35)16-19-8-12-23-24(14-19)38-17-37-23/h2-14,35H,15-17H2,1H3,(H,29,33)/b13-9-,31-30?. The minimum Gasteiger partial charge on any atom is -0.497 e. The highest BCUT2D eigenvalue weighted by Gasteiger charge is 2.19. The van der Waals surface area contributed by atoms with Crippen LogP contribution in [0.3, 0.4) is 0 Å². The second kappa shape index (κ2) is 10.9. The highest BCUT2D eigenvalue weighted by Crippen LogP contribution is 2.40. The molecule has 0 aliphatic carbocycles. The number of amides is 2. The molecule has 0 saturated heterocycles. The number of hydrogen-bond donors (Lipinski definition) is 2. The Morgan fingerprint density at radius 1 is 1.08 bits per heavy atom. The van der Waals surface area contributed by atoms with Crippen LogP contribution < -0.4 is 19.5 Å². The lowest BCUT2D eigenvalue weighted by atomic mass is 10.2. The van der Waals surface area contributed by atoms with Gasteiger partial charge in [0.2, 0.25) is 18.6 Å². The van der Waals surface area contributed by atoms with Gasteiger partial charge in [0.25, 0.3) is 5.91 Å². The smallest absolute Gasteiger partial charge is 0.283 e. The summed E-state index contributed by atoms with van der Waals surface area (Å²) in [5.41, 5.74) is 2.58. The first-order chi connectivity index (χ1) is 18.5. The van der Waals surface area contributed by atoms with Crippen LogP contribution in [0.15, 0.2) is 83.0 Å². The van der Waals surface area contributed by atoms with Crippen LogP contribution in [0.25, 0.3) is 17.0 Å². The number of nitrogens with zero attached hydrogens (tertiary/aromatic N) is 3.